The molecule has 0 bridgehead atoms. The Morgan fingerprint density at radius 2 is 1.72 bits per heavy atom. The van der Waals surface area contributed by atoms with Gasteiger partial charge < -0.3 is 9.64 Å². The van der Waals surface area contributed by atoms with Crippen molar-refractivity contribution in [1.82, 2.24) is 4.90 Å². The average molecular weight is 392 g/mol. The molecule has 0 fully saturated rings. The lowest BCUT2D eigenvalue weighted by Gasteiger charge is -2.18. The van der Waals surface area contributed by atoms with E-state index in [1.54, 1.807) is 13.0 Å². The summed E-state index contributed by atoms with van der Waals surface area (Å²) in [5.41, 5.74) is 3.48. The van der Waals surface area contributed by atoms with Crippen molar-refractivity contribution in [3.63, 3.8) is 0 Å². The lowest BCUT2D eigenvalue weighted by Crippen LogP contribution is -2.24. The molecule has 1 heterocycles. The Balaban J connectivity index is 1.99. The maximum absolute atomic E-state index is 13.1. The highest BCUT2D eigenvalue weighted by Crippen LogP contribution is 2.33. The average Bonchev–Trinajstić information content (AvgIpc) is 2.93. The number of hydrogen-bond donors (Lipinski definition) is 0. The van der Waals surface area contributed by atoms with Crippen molar-refractivity contribution in [2.75, 3.05) is 7.11 Å². The smallest absolute Gasteiger partial charge is 0.340 e. The topological polar surface area (TPSA) is 89.8 Å². The predicted octanol–water partition coefficient (Wildman–Crippen LogP) is 3.78. The highest BCUT2D eigenvalue weighted by Gasteiger charge is 2.36. The molecule has 0 unspecified atom stereocenters. The largest absolute Gasteiger partial charge is 0.465 e. The van der Waals surface area contributed by atoms with Gasteiger partial charge in [-0.15, -0.1) is 0 Å². The fourth-order valence-corrected chi connectivity index (χ4v) is 3.15. The monoisotopic (exact) mass is 392 g/mol. The van der Waals surface area contributed by atoms with Crippen LogP contribution in [0.5, 0.6) is 0 Å². The Labute approximate surface area is 168 Å². The zero-order valence-electron chi connectivity index (χ0n) is 16.3. The number of rotatable bonds is 5. The third-order valence-corrected chi connectivity index (χ3v) is 4.78. The summed E-state index contributed by atoms with van der Waals surface area (Å²) in [5.74, 6) is -0.919. The highest BCUT2D eigenvalue weighted by molar-refractivity contribution is 6.16. The summed E-state index contributed by atoms with van der Waals surface area (Å²) in [4.78, 5) is 37.3. The van der Waals surface area contributed by atoms with E-state index in [1.165, 1.54) is 36.3 Å². The predicted molar refractivity (Wildman–Crippen MR) is 108 cm³/mol. The van der Waals surface area contributed by atoms with E-state index < -0.39 is 10.9 Å². The zero-order valence-corrected chi connectivity index (χ0v) is 16.3. The molecule has 1 aliphatic rings. The fourth-order valence-electron chi connectivity index (χ4n) is 3.15. The fraction of sp³-hybridized carbons (Fsp3) is 0.182. The van der Waals surface area contributed by atoms with E-state index in [-0.39, 0.29) is 22.7 Å². The zero-order chi connectivity index (χ0) is 21.1. The minimum absolute atomic E-state index is 0.0502. The molecule has 0 aliphatic carbocycles. The van der Waals surface area contributed by atoms with Crippen LogP contribution in [-0.2, 0) is 20.9 Å². The first-order chi connectivity index (χ1) is 13.8. The maximum atomic E-state index is 13.1. The van der Waals surface area contributed by atoms with Gasteiger partial charge in [0.15, 0.2) is 0 Å². The van der Waals surface area contributed by atoms with E-state index in [4.69, 9.17) is 4.74 Å². The molecule has 0 radical (unpaired) electrons. The van der Waals surface area contributed by atoms with Crippen LogP contribution in [0.4, 0.5) is 5.69 Å². The first kappa shape index (κ1) is 20.0. The third kappa shape index (κ3) is 4.08. The highest BCUT2D eigenvalue weighted by atomic mass is 16.6. The minimum atomic E-state index is -0.601. The minimum Gasteiger partial charge on any atom is -0.465 e. The molecule has 2 aromatic rings. The number of allylic oxidation sites excluding steroid dienone is 1. The van der Waals surface area contributed by atoms with Gasteiger partial charge >= 0.3 is 5.97 Å². The van der Waals surface area contributed by atoms with Crippen LogP contribution in [0.3, 0.4) is 0 Å². The molecule has 2 aromatic carbocycles. The van der Waals surface area contributed by atoms with Gasteiger partial charge in [0, 0.05) is 17.8 Å². The molecular formula is C22H20N2O5. The van der Waals surface area contributed by atoms with Gasteiger partial charge in [0.1, 0.15) is 0 Å². The van der Waals surface area contributed by atoms with Crippen molar-refractivity contribution >= 4 is 23.6 Å². The Morgan fingerprint density at radius 1 is 1.10 bits per heavy atom. The Bertz CT molecular complexity index is 1030. The number of ether oxygens (including phenoxy) is 1. The Morgan fingerprint density at radius 3 is 2.28 bits per heavy atom. The van der Waals surface area contributed by atoms with E-state index in [9.17, 15) is 19.7 Å². The van der Waals surface area contributed by atoms with E-state index in [0.29, 0.717) is 17.8 Å². The molecule has 29 heavy (non-hydrogen) atoms. The van der Waals surface area contributed by atoms with Crippen LogP contribution < -0.4 is 0 Å². The first-order valence-electron chi connectivity index (χ1n) is 8.95. The quantitative estimate of drug-likeness (QED) is 0.334. The molecule has 7 heteroatoms. The van der Waals surface area contributed by atoms with Crippen LogP contribution >= 0.6 is 0 Å². The molecule has 0 saturated carbocycles. The van der Waals surface area contributed by atoms with Gasteiger partial charge in [0.2, 0.25) is 0 Å². The van der Waals surface area contributed by atoms with Crippen LogP contribution in [0.1, 0.15) is 23.6 Å². The summed E-state index contributed by atoms with van der Waals surface area (Å²) in [5, 5.41) is 10.8. The number of nitrogens with zero attached hydrogens (tertiary/aromatic N) is 2. The van der Waals surface area contributed by atoms with Gasteiger partial charge in [-0.1, -0.05) is 29.8 Å². The number of amides is 1. The standard InChI is InChI=1S/C22H20N2O5/c1-14-4-6-17(7-5-14)13-23-15(2)20(22(26)29-3)19(21(23)25)12-16-8-10-18(11-9-16)24(27)28/h4-12H,13H2,1-3H3. The van der Waals surface area contributed by atoms with Crippen molar-refractivity contribution in [2.45, 2.75) is 20.4 Å². The number of benzene rings is 2. The van der Waals surface area contributed by atoms with Crippen molar-refractivity contribution in [1.29, 1.82) is 0 Å². The summed E-state index contributed by atoms with van der Waals surface area (Å²) in [7, 11) is 1.26. The van der Waals surface area contributed by atoms with Gasteiger partial charge in [-0.05, 0) is 43.2 Å². The van der Waals surface area contributed by atoms with E-state index in [0.717, 1.165) is 11.1 Å². The van der Waals surface area contributed by atoms with Crippen molar-refractivity contribution in [3.8, 4) is 0 Å². The number of carbonyl (C=O) groups excluding carboxylic acids is 2. The van der Waals surface area contributed by atoms with Crippen molar-refractivity contribution < 1.29 is 19.2 Å². The third-order valence-electron chi connectivity index (χ3n) is 4.78. The van der Waals surface area contributed by atoms with E-state index >= 15 is 0 Å². The number of nitro benzene ring substituents is 1. The normalized spacial score (nSPS) is 15.2. The van der Waals surface area contributed by atoms with Crippen LogP contribution in [0.2, 0.25) is 0 Å². The first-order valence-corrected chi connectivity index (χ1v) is 8.95. The number of esters is 1. The van der Waals surface area contributed by atoms with Crippen LogP contribution in [-0.4, -0.2) is 28.8 Å². The van der Waals surface area contributed by atoms with E-state index in [1.807, 2.05) is 31.2 Å². The number of nitro groups is 1. The van der Waals surface area contributed by atoms with Crippen LogP contribution in [0.15, 0.2) is 65.4 Å². The molecule has 0 saturated heterocycles. The second kappa shape index (κ2) is 8.10. The number of methoxy groups -OCH3 is 1. The summed E-state index contributed by atoms with van der Waals surface area (Å²) in [6.45, 7) is 4.01. The molecule has 0 spiro atoms. The maximum Gasteiger partial charge on any atom is 0.340 e. The summed E-state index contributed by atoms with van der Waals surface area (Å²) < 4.78 is 4.88. The second-order valence-corrected chi connectivity index (χ2v) is 6.74. The lowest BCUT2D eigenvalue weighted by atomic mass is 10.0. The summed E-state index contributed by atoms with van der Waals surface area (Å²) in [6, 6.07) is 13.6. The van der Waals surface area contributed by atoms with Crippen LogP contribution in [0, 0.1) is 17.0 Å². The summed E-state index contributed by atoms with van der Waals surface area (Å²) in [6.07, 6.45) is 1.55. The Kier molecular flexibility index (Phi) is 5.59. The van der Waals surface area contributed by atoms with Gasteiger partial charge in [-0.2, -0.15) is 0 Å². The number of aryl methyl sites for hydroxylation is 1. The molecule has 0 N–H and O–H groups in total. The molecule has 1 aliphatic heterocycles. The number of hydrogen-bond acceptors (Lipinski definition) is 5. The molecule has 0 aromatic heterocycles. The molecule has 1 amide bonds. The molecule has 7 nitrogen and oxygen atoms in total. The molecule has 0 atom stereocenters. The number of non-ortho nitro benzene ring substituents is 1. The molecular weight excluding hydrogens is 372 g/mol. The van der Waals surface area contributed by atoms with Gasteiger partial charge in [0.25, 0.3) is 11.6 Å². The van der Waals surface area contributed by atoms with E-state index in [2.05, 4.69) is 0 Å². The van der Waals surface area contributed by atoms with Crippen LogP contribution in [0.25, 0.3) is 6.08 Å². The van der Waals surface area contributed by atoms with Crippen molar-refractivity contribution in [2.24, 2.45) is 0 Å². The number of carbonyl (C=O) groups is 2. The molecule has 148 valence electrons. The van der Waals surface area contributed by atoms with Gasteiger partial charge in [-0.25, -0.2) is 4.79 Å². The second-order valence-electron chi connectivity index (χ2n) is 6.74. The lowest BCUT2D eigenvalue weighted by molar-refractivity contribution is -0.384. The SMILES string of the molecule is COC(=O)C1=C(C)N(Cc2ccc(C)cc2)C(=O)C1=Cc1ccc([N+](=O)[O-])cc1. The van der Waals surface area contributed by atoms with Gasteiger partial charge in [0.05, 0.1) is 29.7 Å². The molecule has 3 rings (SSSR count). The summed E-state index contributed by atoms with van der Waals surface area (Å²) >= 11 is 0. The van der Waals surface area contributed by atoms with Crippen molar-refractivity contribution in [3.05, 3.63) is 92.2 Å². The van der Waals surface area contributed by atoms with Gasteiger partial charge in [-0.3, -0.25) is 14.9 Å². The Hall–Kier alpha value is -3.74.